The summed E-state index contributed by atoms with van der Waals surface area (Å²) in [5.41, 5.74) is 4.69. The number of amidine groups is 1. The lowest BCUT2D eigenvalue weighted by Crippen LogP contribution is -2.23. The summed E-state index contributed by atoms with van der Waals surface area (Å²) < 4.78 is 10.8. The van der Waals surface area contributed by atoms with Crippen LogP contribution in [0, 0.1) is 13.8 Å². The minimum Gasteiger partial charge on any atom is -0.488 e. The molecule has 37 heavy (non-hydrogen) atoms. The van der Waals surface area contributed by atoms with Crippen molar-refractivity contribution in [1.82, 2.24) is 4.90 Å². The molecule has 0 saturated carbocycles. The zero-order valence-corrected chi connectivity index (χ0v) is 23.0. The van der Waals surface area contributed by atoms with E-state index in [0.29, 0.717) is 38.0 Å². The molecule has 0 atom stereocenters. The number of ether oxygens (including phenoxy) is 2. The van der Waals surface area contributed by atoms with Gasteiger partial charge >= 0.3 is 5.97 Å². The third-order valence-electron chi connectivity index (χ3n) is 5.68. The third kappa shape index (κ3) is 6.18. The number of aliphatic imine (C=N–C) groups is 1. The van der Waals surface area contributed by atoms with Crippen LogP contribution in [-0.4, -0.2) is 36.1 Å². The molecule has 3 aromatic rings. The monoisotopic (exact) mass is 554 g/mol. The smallest absolute Gasteiger partial charge is 0.337 e. The average molecular weight is 555 g/mol. The van der Waals surface area contributed by atoms with Crippen LogP contribution in [-0.2, 0) is 16.1 Å². The fourth-order valence-corrected chi connectivity index (χ4v) is 5.24. The first-order valence-electron chi connectivity index (χ1n) is 11.3. The number of carbonyl (C=O) groups is 2. The fourth-order valence-electron chi connectivity index (χ4n) is 3.79. The van der Waals surface area contributed by atoms with Crippen LogP contribution in [0.1, 0.15) is 32.6 Å². The van der Waals surface area contributed by atoms with Gasteiger partial charge in [-0.15, -0.1) is 0 Å². The van der Waals surface area contributed by atoms with Crippen LogP contribution < -0.4 is 4.74 Å². The van der Waals surface area contributed by atoms with Crippen molar-refractivity contribution in [3.8, 4) is 5.75 Å². The van der Waals surface area contributed by atoms with Gasteiger partial charge in [0.15, 0.2) is 5.17 Å². The lowest BCUT2D eigenvalue weighted by atomic mass is 10.0. The molecular weight excluding hydrogens is 531 g/mol. The standard InChI is InChI=1S/C28H24Cl2N2O4S/c1-16-11-18(12-17(2)25(16)36-15-20-5-8-21(29)14-23(20)30)13-24-26(33)32(3)28(37-24)31-22-9-6-19(7-10-22)27(34)35-4/h5-14H,15H2,1-4H3/b24-13-,31-28?. The number of nitrogens with zero attached hydrogens (tertiary/aromatic N) is 2. The van der Waals surface area contributed by atoms with Gasteiger partial charge in [-0.25, -0.2) is 9.79 Å². The highest BCUT2D eigenvalue weighted by Gasteiger charge is 2.30. The molecule has 1 aliphatic rings. The van der Waals surface area contributed by atoms with Crippen molar-refractivity contribution < 1.29 is 19.1 Å². The first kappa shape index (κ1) is 26.8. The number of aryl methyl sites for hydroxylation is 2. The van der Waals surface area contributed by atoms with Crippen LogP contribution in [0.5, 0.6) is 5.75 Å². The highest BCUT2D eigenvalue weighted by molar-refractivity contribution is 8.18. The minimum absolute atomic E-state index is 0.136. The number of hydrogen-bond acceptors (Lipinski definition) is 6. The summed E-state index contributed by atoms with van der Waals surface area (Å²) in [5, 5.41) is 1.69. The van der Waals surface area contributed by atoms with Gasteiger partial charge in [-0.2, -0.15) is 0 Å². The van der Waals surface area contributed by atoms with E-state index in [0.717, 1.165) is 28.0 Å². The second-order valence-electron chi connectivity index (χ2n) is 8.42. The Labute approximate surface area is 229 Å². The number of methoxy groups -OCH3 is 1. The van der Waals surface area contributed by atoms with Crippen molar-refractivity contribution in [2.75, 3.05) is 14.2 Å². The first-order chi connectivity index (χ1) is 17.7. The molecule has 0 spiro atoms. The molecule has 1 fully saturated rings. The number of rotatable bonds is 6. The predicted molar refractivity (Wildman–Crippen MR) is 150 cm³/mol. The van der Waals surface area contributed by atoms with Crippen LogP contribution in [0.2, 0.25) is 10.0 Å². The van der Waals surface area contributed by atoms with Crippen LogP contribution in [0.3, 0.4) is 0 Å². The molecule has 0 aliphatic carbocycles. The number of hydrogen-bond donors (Lipinski definition) is 0. The fraction of sp³-hybridized carbons (Fsp3) is 0.179. The Bertz CT molecular complexity index is 1410. The summed E-state index contributed by atoms with van der Waals surface area (Å²) in [6, 6.07) is 16.0. The normalized spacial score (nSPS) is 15.5. The maximum absolute atomic E-state index is 12.9. The highest BCUT2D eigenvalue weighted by Crippen LogP contribution is 2.35. The maximum Gasteiger partial charge on any atom is 0.337 e. The molecule has 0 unspecified atom stereocenters. The average Bonchev–Trinajstić information content (AvgIpc) is 3.12. The van der Waals surface area contributed by atoms with Crippen molar-refractivity contribution in [2.24, 2.45) is 4.99 Å². The molecule has 1 aliphatic heterocycles. The van der Waals surface area contributed by atoms with Gasteiger partial charge in [0.05, 0.1) is 23.3 Å². The van der Waals surface area contributed by atoms with Crippen LogP contribution in [0.4, 0.5) is 5.69 Å². The Kier molecular flexibility index (Phi) is 8.27. The van der Waals surface area contributed by atoms with E-state index in [4.69, 9.17) is 32.7 Å². The second-order valence-corrected chi connectivity index (χ2v) is 10.3. The zero-order chi connectivity index (χ0) is 26.7. The van der Waals surface area contributed by atoms with E-state index in [1.54, 1.807) is 43.4 Å². The molecular formula is C28H24Cl2N2O4S. The van der Waals surface area contributed by atoms with Gasteiger partial charge in [-0.3, -0.25) is 9.69 Å². The molecule has 1 amide bonds. The summed E-state index contributed by atoms with van der Waals surface area (Å²) in [6.07, 6.45) is 1.85. The van der Waals surface area contributed by atoms with Gasteiger partial charge in [0, 0.05) is 22.7 Å². The third-order valence-corrected chi connectivity index (χ3v) is 7.33. The van der Waals surface area contributed by atoms with E-state index in [1.807, 2.05) is 38.1 Å². The molecule has 190 valence electrons. The maximum atomic E-state index is 12.9. The Hall–Kier alpha value is -3.26. The molecule has 0 radical (unpaired) electrons. The zero-order valence-electron chi connectivity index (χ0n) is 20.7. The molecule has 9 heteroatoms. The van der Waals surface area contributed by atoms with Gasteiger partial charge in [-0.05, 0) is 96.9 Å². The highest BCUT2D eigenvalue weighted by atomic mass is 35.5. The van der Waals surface area contributed by atoms with Crippen LogP contribution in [0.25, 0.3) is 6.08 Å². The van der Waals surface area contributed by atoms with Gasteiger partial charge < -0.3 is 9.47 Å². The Morgan fingerprint density at radius 1 is 1.05 bits per heavy atom. The van der Waals surface area contributed by atoms with Crippen LogP contribution in [0.15, 0.2) is 64.5 Å². The van der Waals surface area contributed by atoms with E-state index in [1.165, 1.54) is 23.8 Å². The van der Waals surface area contributed by atoms with Gasteiger partial charge in [0.25, 0.3) is 5.91 Å². The second kappa shape index (κ2) is 11.4. The summed E-state index contributed by atoms with van der Waals surface area (Å²) >= 11 is 13.5. The van der Waals surface area contributed by atoms with Crippen molar-refractivity contribution in [3.05, 3.63) is 97.4 Å². The van der Waals surface area contributed by atoms with Gasteiger partial charge in [0.1, 0.15) is 12.4 Å². The van der Waals surface area contributed by atoms with Crippen molar-refractivity contribution >= 4 is 63.8 Å². The number of carbonyl (C=O) groups excluding carboxylic acids is 2. The first-order valence-corrected chi connectivity index (χ1v) is 12.9. The number of benzene rings is 3. The number of esters is 1. The molecule has 0 aromatic heterocycles. The SMILES string of the molecule is COC(=O)c1ccc(N=C2S/C(=C\c3cc(C)c(OCc4ccc(Cl)cc4Cl)c(C)c3)C(=O)N2C)cc1. The largest absolute Gasteiger partial charge is 0.488 e. The Morgan fingerprint density at radius 3 is 2.35 bits per heavy atom. The minimum atomic E-state index is -0.414. The molecule has 6 nitrogen and oxygen atoms in total. The number of likely N-dealkylation sites (N-methyl/N-ethyl adjacent to an activating group) is 1. The predicted octanol–water partition coefficient (Wildman–Crippen LogP) is 7.21. The number of thioether (sulfide) groups is 1. The number of amides is 1. The van der Waals surface area contributed by atoms with Gasteiger partial charge in [0.2, 0.25) is 0 Å². The molecule has 4 rings (SSSR count). The van der Waals surface area contributed by atoms with E-state index in [2.05, 4.69) is 4.99 Å². The summed E-state index contributed by atoms with van der Waals surface area (Å²) in [4.78, 5) is 31.2. The topological polar surface area (TPSA) is 68.2 Å². The Balaban J connectivity index is 1.51. The summed E-state index contributed by atoms with van der Waals surface area (Å²) in [5.74, 6) is 0.221. The van der Waals surface area contributed by atoms with E-state index < -0.39 is 5.97 Å². The van der Waals surface area contributed by atoms with Crippen molar-refractivity contribution in [2.45, 2.75) is 20.5 Å². The van der Waals surface area contributed by atoms with Crippen molar-refractivity contribution in [1.29, 1.82) is 0 Å². The molecule has 1 saturated heterocycles. The lowest BCUT2D eigenvalue weighted by molar-refractivity contribution is -0.121. The van der Waals surface area contributed by atoms with Gasteiger partial charge in [-0.1, -0.05) is 29.3 Å². The van der Waals surface area contributed by atoms with Crippen LogP contribution >= 0.6 is 35.0 Å². The molecule has 3 aromatic carbocycles. The lowest BCUT2D eigenvalue weighted by Gasteiger charge is -2.14. The van der Waals surface area contributed by atoms with E-state index >= 15 is 0 Å². The summed E-state index contributed by atoms with van der Waals surface area (Å²) in [6.45, 7) is 4.25. The van der Waals surface area contributed by atoms with Crippen molar-refractivity contribution in [3.63, 3.8) is 0 Å². The quantitative estimate of drug-likeness (QED) is 0.238. The molecule has 0 bridgehead atoms. The van der Waals surface area contributed by atoms with E-state index in [-0.39, 0.29) is 5.91 Å². The molecule has 0 N–H and O–H groups in total. The summed E-state index contributed by atoms with van der Waals surface area (Å²) in [7, 11) is 3.02. The Morgan fingerprint density at radius 2 is 1.73 bits per heavy atom. The number of halogens is 2. The van der Waals surface area contributed by atoms with E-state index in [9.17, 15) is 9.59 Å². The molecule has 1 heterocycles.